The van der Waals surface area contributed by atoms with Crippen molar-refractivity contribution in [3.05, 3.63) is 72.3 Å². The van der Waals surface area contributed by atoms with E-state index in [4.69, 9.17) is 10.5 Å². The van der Waals surface area contributed by atoms with Gasteiger partial charge in [-0.1, -0.05) is 51.1 Å². The molecule has 1 fully saturated rings. The molecular weight excluding hydrogens is 588 g/mol. The van der Waals surface area contributed by atoms with Gasteiger partial charge in [0.25, 0.3) is 0 Å². The van der Waals surface area contributed by atoms with Crippen molar-refractivity contribution in [2.24, 2.45) is 5.92 Å². The van der Waals surface area contributed by atoms with Crippen LogP contribution in [0.2, 0.25) is 0 Å². The Balaban J connectivity index is 1.18. The fraction of sp³-hybridized carbons (Fsp3) is 0.455. The van der Waals surface area contributed by atoms with Gasteiger partial charge in [-0.15, -0.1) is 0 Å². The van der Waals surface area contributed by atoms with E-state index in [1.807, 2.05) is 36.4 Å². The number of imidazole rings is 1. The van der Waals surface area contributed by atoms with Crippen molar-refractivity contribution in [1.82, 2.24) is 30.2 Å². The van der Waals surface area contributed by atoms with E-state index in [0.717, 1.165) is 11.3 Å². The molecule has 5 rings (SSSR count). The van der Waals surface area contributed by atoms with Gasteiger partial charge in [0.05, 0.1) is 12.4 Å². The number of aliphatic hydroxyl groups excluding tert-OH is 2. The van der Waals surface area contributed by atoms with Gasteiger partial charge in [0.1, 0.15) is 29.8 Å². The normalized spacial score (nSPS) is 20.5. The molecule has 2 aromatic heterocycles. The van der Waals surface area contributed by atoms with E-state index in [2.05, 4.69) is 51.7 Å². The summed E-state index contributed by atoms with van der Waals surface area (Å²) in [6, 6.07) is 14.7. The molecule has 1 aliphatic heterocycles. The zero-order valence-corrected chi connectivity index (χ0v) is 26.4. The minimum Gasteiger partial charge on any atom is -0.508 e. The SMILES string of the molecule is CC(C)(C)c1ccc(NC(=O)NCCC[C@H](CNCc2ccccc2O)C[C@H]2O[C@@H](n3cnc4c(N)ncnc43)C(O)[C@H]2O)cc1. The smallest absolute Gasteiger partial charge is 0.319 e. The second kappa shape index (κ2) is 14.4. The number of anilines is 2. The first-order valence-electron chi connectivity index (χ1n) is 15.6. The number of aliphatic hydroxyl groups is 2. The van der Waals surface area contributed by atoms with E-state index in [-0.39, 0.29) is 28.9 Å². The number of nitrogens with two attached hydrogens (primary N) is 1. The molecule has 0 radical (unpaired) electrons. The van der Waals surface area contributed by atoms with Gasteiger partial charge in [-0.2, -0.15) is 0 Å². The van der Waals surface area contributed by atoms with Crippen LogP contribution in [0.5, 0.6) is 5.75 Å². The Bertz CT molecular complexity index is 1610. The minimum atomic E-state index is -1.21. The standard InChI is InChI=1S/C33H44N8O5/c1-33(2,3)22-10-12-23(13-11-22)40-32(45)36-14-6-7-20(16-35-17-21-8-4-5-9-24(21)42)15-25-27(43)28(44)31(46-25)41-19-39-26-29(34)37-18-38-30(26)41/h4-5,8-13,18-20,25,27-28,31,35,42-44H,6-7,14-17H2,1-3H3,(H2,34,37,38)(H2,36,40,45)/t20-,25+,27-,28?,31+/m0/s1. The highest BCUT2D eigenvalue weighted by atomic mass is 16.6. The molecule has 1 unspecified atom stereocenters. The second-order valence-corrected chi connectivity index (χ2v) is 12.8. The maximum atomic E-state index is 12.6. The second-order valence-electron chi connectivity index (χ2n) is 12.8. The van der Waals surface area contributed by atoms with Crippen molar-refractivity contribution in [2.45, 2.75) is 76.5 Å². The van der Waals surface area contributed by atoms with Crippen LogP contribution >= 0.6 is 0 Å². The summed E-state index contributed by atoms with van der Waals surface area (Å²) < 4.78 is 7.77. The summed E-state index contributed by atoms with van der Waals surface area (Å²) in [5, 5.41) is 41.3. The number of rotatable bonds is 12. The number of ether oxygens (including phenoxy) is 1. The Labute approximate surface area is 268 Å². The lowest BCUT2D eigenvalue weighted by molar-refractivity contribution is -0.0416. The number of nitrogens with zero attached hydrogens (tertiary/aromatic N) is 4. The number of phenolic OH excluding ortho intramolecular Hbond substituents is 1. The van der Waals surface area contributed by atoms with Crippen LogP contribution in [-0.4, -0.2) is 72.3 Å². The number of fused-ring (bicyclic) bond motifs is 1. The number of phenols is 1. The number of benzene rings is 2. The van der Waals surface area contributed by atoms with Crippen LogP contribution < -0.4 is 21.7 Å². The highest BCUT2D eigenvalue weighted by Crippen LogP contribution is 2.35. The highest BCUT2D eigenvalue weighted by molar-refractivity contribution is 5.89. The van der Waals surface area contributed by atoms with Crippen LogP contribution in [-0.2, 0) is 16.7 Å². The van der Waals surface area contributed by atoms with Gasteiger partial charge < -0.3 is 41.7 Å². The van der Waals surface area contributed by atoms with Gasteiger partial charge in [-0.25, -0.2) is 19.7 Å². The molecule has 5 atom stereocenters. The topological polar surface area (TPSA) is 193 Å². The molecule has 2 aromatic carbocycles. The third-order valence-electron chi connectivity index (χ3n) is 8.39. The number of amides is 2. The summed E-state index contributed by atoms with van der Waals surface area (Å²) in [6.45, 7) is 7.90. The molecule has 13 nitrogen and oxygen atoms in total. The summed E-state index contributed by atoms with van der Waals surface area (Å²) in [5.41, 5.74) is 9.43. The third kappa shape index (κ3) is 7.91. The molecule has 8 N–H and O–H groups in total. The van der Waals surface area contributed by atoms with Crippen molar-refractivity contribution in [1.29, 1.82) is 0 Å². The number of nitrogen functional groups attached to an aromatic ring is 1. The van der Waals surface area contributed by atoms with Gasteiger partial charge in [0, 0.05) is 24.3 Å². The molecule has 0 saturated carbocycles. The molecule has 1 aliphatic rings. The number of aromatic nitrogens is 4. The Morgan fingerprint density at radius 1 is 1.07 bits per heavy atom. The van der Waals surface area contributed by atoms with Crippen molar-refractivity contribution >= 4 is 28.7 Å². The fourth-order valence-corrected chi connectivity index (χ4v) is 5.73. The van der Waals surface area contributed by atoms with Crippen LogP contribution in [0.1, 0.15) is 57.4 Å². The number of para-hydroxylation sites is 1. The lowest BCUT2D eigenvalue weighted by Gasteiger charge is -2.23. The summed E-state index contributed by atoms with van der Waals surface area (Å²) in [5.74, 6) is 0.445. The minimum absolute atomic E-state index is 0.0174. The first-order chi connectivity index (χ1) is 22.0. The van der Waals surface area contributed by atoms with E-state index < -0.39 is 24.5 Å². The zero-order valence-electron chi connectivity index (χ0n) is 26.4. The number of aromatic hydroxyl groups is 1. The highest BCUT2D eigenvalue weighted by Gasteiger charge is 2.44. The Morgan fingerprint density at radius 2 is 1.83 bits per heavy atom. The van der Waals surface area contributed by atoms with E-state index >= 15 is 0 Å². The maximum Gasteiger partial charge on any atom is 0.319 e. The Hall–Kier alpha value is -4.30. The first kappa shape index (κ1) is 33.1. The molecule has 4 aromatic rings. The maximum absolute atomic E-state index is 12.6. The number of carbonyl (C=O) groups is 1. The van der Waals surface area contributed by atoms with E-state index in [1.54, 1.807) is 16.7 Å². The van der Waals surface area contributed by atoms with E-state index in [0.29, 0.717) is 50.1 Å². The van der Waals surface area contributed by atoms with Crippen molar-refractivity contribution in [2.75, 3.05) is 24.1 Å². The summed E-state index contributed by atoms with van der Waals surface area (Å²) in [7, 11) is 0. The average molecular weight is 633 g/mol. The molecule has 3 heterocycles. The quantitative estimate of drug-likeness (QED) is 0.114. The molecule has 2 amide bonds. The van der Waals surface area contributed by atoms with Crippen molar-refractivity contribution in [3.63, 3.8) is 0 Å². The van der Waals surface area contributed by atoms with Crippen LogP contribution in [0, 0.1) is 5.92 Å². The average Bonchev–Trinajstić information content (AvgIpc) is 3.57. The van der Waals surface area contributed by atoms with Gasteiger partial charge in [0.15, 0.2) is 17.7 Å². The molecule has 0 spiro atoms. The van der Waals surface area contributed by atoms with Gasteiger partial charge in [-0.05, 0) is 60.9 Å². The van der Waals surface area contributed by atoms with Gasteiger partial charge in [-0.3, -0.25) is 4.57 Å². The van der Waals surface area contributed by atoms with Crippen LogP contribution in [0.3, 0.4) is 0 Å². The first-order valence-corrected chi connectivity index (χ1v) is 15.6. The molecule has 0 aliphatic carbocycles. The molecular formula is C33H44N8O5. The number of nitrogens with one attached hydrogen (secondary N) is 3. The summed E-state index contributed by atoms with van der Waals surface area (Å²) >= 11 is 0. The van der Waals surface area contributed by atoms with Crippen LogP contribution in [0.15, 0.2) is 61.2 Å². The number of urea groups is 1. The van der Waals surface area contributed by atoms with E-state index in [1.165, 1.54) is 18.2 Å². The van der Waals surface area contributed by atoms with Crippen LogP contribution in [0.25, 0.3) is 11.2 Å². The molecule has 0 bridgehead atoms. The lowest BCUT2D eigenvalue weighted by Crippen LogP contribution is -2.35. The summed E-state index contributed by atoms with van der Waals surface area (Å²) in [4.78, 5) is 25.0. The fourth-order valence-electron chi connectivity index (χ4n) is 5.73. The van der Waals surface area contributed by atoms with Crippen molar-refractivity contribution < 1.29 is 24.9 Å². The predicted octanol–water partition coefficient (Wildman–Crippen LogP) is 3.43. The zero-order chi connectivity index (χ0) is 32.8. The lowest BCUT2D eigenvalue weighted by atomic mass is 9.87. The number of hydrogen-bond donors (Lipinski definition) is 7. The number of hydrogen-bond acceptors (Lipinski definition) is 10. The third-order valence-corrected chi connectivity index (χ3v) is 8.39. The monoisotopic (exact) mass is 632 g/mol. The molecule has 1 saturated heterocycles. The predicted molar refractivity (Wildman–Crippen MR) is 175 cm³/mol. The van der Waals surface area contributed by atoms with E-state index in [9.17, 15) is 20.1 Å². The summed E-state index contributed by atoms with van der Waals surface area (Å²) in [6.07, 6.45) is 0.688. The van der Waals surface area contributed by atoms with Crippen LogP contribution in [0.4, 0.5) is 16.3 Å². The largest absolute Gasteiger partial charge is 0.508 e. The molecule has 46 heavy (non-hydrogen) atoms. The Morgan fingerprint density at radius 3 is 2.57 bits per heavy atom. The molecule has 13 heteroatoms. The Kier molecular flexibility index (Phi) is 10.4. The molecule has 246 valence electrons. The van der Waals surface area contributed by atoms with Gasteiger partial charge in [0.2, 0.25) is 0 Å². The number of carbonyl (C=O) groups excluding carboxylic acids is 1. The van der Waals surface area contributed by atoms with Gasteiger partial charge >= 0.3 is 6.03 Å². The van der Waals surface area contributed by atoms with Crippen molar-refractivity contribution in [3.8, 4) is 5.75 Å².